The molecular formula is C11H18ClNOS. The van der Waals surface area contributed by atoms with E-state index in [1.54, 1.807) is 0 Å². The molecule has 0 radical (unpaired) electrons. The first-order valence-corrected chi connectivity index (χ1v) is 6.40. The summed E-state index contributed by atoms with van der Waals surface area (Å²) in [6.07, 6.45) is 0.747. The van der Waals surface area contributed by atoms with Gasteiger partial charge in [0.05, 0.1) is 9.94 Å². The molecule has 0 saturated heterocycles. The number of hydrogen-bond acceptors (Lipinski definition) is 3. The third-order valence-electron chi connectivity index (χ3n) is 2.64. The molecule has 15 heavy (non-hydrogen) atoms. The van der Waals surface area contributed by atoms with E-state index in [0.717, 1.165) is 10.8 Å². The van der Waals surface area contributed by atoms with E-state index in [-0.39, 0.29) is 6.04 Å². The molecule has 1 aromatic heterocycles. The molecule has 2 atom stereocenters. The fourth-order valence-corrected chi connectivity index (χ4v) is 2.15. The van der Waals surface area contributed by atoms with Gasteiger partial charge in [-0.1, -0.05) is 18.5 Å². The lowest BCUT2D eigenvalue weighted by molar-refractivity contribution is 0.0534. The summed E-state index contributed by atoms with van der Waals surface area (Å²) in [6.45, 7) is 6.49. The van der Waals surface area contributed by atoms with Crippen molar-refractivity contribution < 1.29 is 5.11 Å². The van der Waals surface area contributed by atoms with Gasteiger partial charge >= 0.3 is 0 Å². The van der Waals surface area contributed by atoms with Crippen LogP contribution in [0.15, 0.2) is 11.4 Å². The Hall–Kier alpha value is -0.0900. The van der Waals surface area contributed by atoms with Crippen molar-refractivity contribution in [1.82, 2.24) is 5.32 Å². The first kappa shape index (κ1) is 13.0. The van der Waals surface area contributed by atoms with Crippen LogP contribution in [0.2, 0.25) is 4.34 Å². The number of thiophene rings is 1. The summed E-state index contributed by atoms with van der Waals surface area (Å²) in [4.78, 5) is 0. The van der Waals surface area contributed by atoms with Gasteiger partial charge in [0.15, 0.2) is 0 Å². The van der Waals surface area contributed by atoms with Crippen LogP contribution in [0.4, 0.5) is 0 Å². The van der Waals surface area contributed by atoms with Gasteiger partial charge in [0.25, 0.3) is 0 Å². The van der Waals surface area contributed by atoms with Gasteiger partial charge in [0.1, 0.15) is 0 Å². The Bertz CT molecular complexity index is 311. The molecule has 2 N–H and O–H groups in total. The minimum atomic E-state index is -0.631. The van der Waals surface area contributed by atoms with Gasteiger partial charge in [-0.05, 0) is 37.3 Å². The number of nitrogens with one attached hydrogen (secondary N) is 1. The first-order chi connectivity index (χ1) is 6.94. The number of aliphatic hydroxyl groups is 1. The molecule has 2 unspecified atom stereocenters. The maximum Gasteiger partial charge on any atom is 0.0931 e. The monoisotopic (exact) mass is 247 g/mol. The van der Waals surface area contributed by atoms with E-state index < -0.39 is 5.60 Å². The molecule has 0 saturated carbocycles. The Morgan fingerprint density at radius 2 is 2.33 bits per heavy atom. The van der Waals surface area contributed by atoms with E-state index >= 15 is 0 Å². The van der Waals surface area contributed by atoms with Crippen LogP contribution >= 0.6 is 22.9 Å². The van der Waals surface area contributed by atoms with Crippen molar-refractivity contribution in [3.8, 4) is 0 Å². The molecule has 0 aliphatic carbocycles. The highest BCUT2D eigenvalue weighted by molar-refractivity contribution is 7.14. The second kappa shape index (κ2) is 5.30. The normalized spacial score (nSPS) is 17.4. The Morgan fingerprint density at radius 1 is 1.67 bits per heavy atom. The lowest BCUT2D eigenvalue weighted by Gasteiger charge is -2.24. The maximum atomic E-state index is 9.84. The quantitative estimate of drug-likeness (QED) is 0.838. The average molecular weight is 248 g/mol. The zero-order chi connectivity index (χ0) is 11.5. The van der Waals surface area contributed by atoms with Crippen LogP contribution in [0.3, 0.4) is 0 Å². The molecule has 4 heteroatoms. The lowest BCUT2D eigenvalue weighted by Crippen LogP contribution is -2.38. The van der Waals surface area contributed by atoms with Crippen LogP contribution in [-0.4, -0.2) is 17.3 Å². The summed E-state index contributed by atoms with van der Waals surface area (Å²) < 4.78 is 0.806. The summed E-state index contributed by atoms with van der Waals surface area (Å²) in [5, 5.41) is 15.2. The summed E-state index contributed by atoms with van der Waals surface area (Å²) >= 11 is 7.40. The molecule has 1 heterocycles. The summed E-state index contributed by atoms with van der Waals surface area (Å²) in [6, 6.07) is 2.19. The van der Waals surface area contributed by atoms with Crippen molar-refractivity contribution in [2.75, 3.05) is 6.54 Å². The SMILES string of the molecule is CCC(C)(O)CNC(C)c1csc(Cl)c1. The van der Waals surface area contributed by atoms with Gasteiger partial charge in [0, 0.05) is 12.6 Å². The molecule has 86 valence electrons. The van der Waals surface area contributed by atoms with Crippen LogP contribution in [0.25, 0.3) is 0 Å². The second-order valence-corrected chi connectivity index (χ2v) is 5.68. The van der Waals surface area contributed by atoms with Crippen molar-refractivity contribution in [3.63, 3.8) is 0 Å². The van der Waals surface area contributed by atoms with Crippen molar-refractivity contribution in [2.24, 2.45) is 0 Å². The van der Waals surface area contributed by atoms with Crippen molar-refractivity contribution in [1.29, 1.82) is 0 Å². The van der Waals surface area contributed by atoms with E-state index in [0.29, 0.717) is 6.54 Å². The summed E-state index contributed by atoms with van der Waals surface area (Å²) in [5.74, 6) is 0. The second-order valence-electron chi connectivity index (χ2n) is 4.14. The topological polar surface area (TPSA) is 32.3 Å². The fraction of sp³-hybridized carbons (Fsp3) is 0.636. The molecular weight excluding hydrogens is 230 g/mol. The molecule has 1 aromatic rings. The summed E-state index contributed by atoms with van der Waals surface area (Å²) in [7, 11) is 0. The number of halogens is 1. The molecule has 0 amide bonds. The number of rotatable bonds is 5. The van der Waals surface area contributed by atoms with Crippen LogP contribution in [-0.2, 0) is 0 Å². The predicted molar refractivity (Wildman–Crippen MR) is 66.7 cm³/mol. The standard InChI is InChI=1S/C11H18ClNOS/c1-4-11(3,14)7-13-8(2)9-5-10(12)15-6-9/h5-6,8,13-14H,4,7H2,1-3H3. The van der Waals surface area contributed by atoms with E-state index in [2.05, 4.69) is 12.2 Å². The highest BCUT2D eigenvalue weighted by atomic mass is 35.5. The molecule has 0 spiro atoms. The van der Waals surface area contributed by atoms with Crippen LogP contribution < -0.4 is 5.32 Å². The zero-order valence-corrected chi connectivity index (χ0v) is 11.0. The molecule has 0 aliphatic heterocycles. The Balaban J connectivity index is 2.46. The van der Waals surface area contributed by atoms with Crippen molar-refractivity contribution in [2.45, 2.75) is 38.8 Å². The van der Waals surface area contributed by atoms with Gasteiger partial charge in [-0.3, -0.25) is 0 Å². The van der Waals surface area contributed by atoms with E-state index in [1.165, 1.54) is 16.9 Å². The molecule has 0 aromatic carbocycles. The first-order valence-electron chi connectivity index (χ1n) is 5.14. The Labute approximate surface area is 100 Å². The molecule has 1 rings (SSSR count). The molecule has 0 fully saturated rings. The van der Waals surface area contributed by atoms with Crippen LogP contribution in [0, 0.1) is 0 Å². The average Bonchev–Trinajstić information content (AvgIpc) is 2.61. The zero-order valence-electron chi connectivity index (χ0n) is 9.38. The number of hydrogen-bond donors (Lipinski definition) is 2. The highest BCUT2D eigenvalue weighted by Gasteiger charge is 2.18. The minimum Gasteiger partial charge on any atom is -0.389 e. The molecule has 2 nitrogen and oxygen atoms in total. The summed E-state index contributed by atoms with van der Waals surface area (Å²) in [5.41, 5.74) is 0.547. The van der Waals surface area contributed by atoms with E-state index in [9.17, 15) is 5.11 Å². The van der Waals surface area contributed by atoms with Gasteiger partial charge in [-0.25, -0.2) is 0 Å². The van der Waals surface area contributed by atoms with E-state index in [1.807, 2.05) is 25.3 Å². The Kier molecular flexibility index (Phi) is 4.59. The molecule has 0 aliphatic rings. The van der Waals surface area contributed by atoms with Crippen molar-refractivity contribution in [3.05, 3.63) is 21.3 Å². The van der Waals surface area contributed by atoms with E-state index in [4.69, 9.17) is 11.6 Å². The van der Waals surface area contributed by atoms with Gasteiger partial charge < -0.3 is 10.4 Å². The predicted octanol–water partition coefficient (Wildman–Crippen LogP) is 3.21. The highest BCUT2D eigenvalue weighted by Crippen LogP contribution is 2.24. The van der Waals surface area contributed by atoms with Gasteiger partial charge in [-0.15, -0.1) is 11.3 Å². The van der Waals surface area contributed by atoms with Crippen LogP contribution in [0.5, 0.6) is 0 Å². The third kappa shape index (κ3) is 4.11. The van der Waals surface area contributed by atoms with Gasteiger partial charge in [0.2, 0.25) is 0 Å². The fourth-order valence-electron chi connectivity index (χ4n) is 1.17. The van der Waals surface area contributed by atoms with Crippen LogP contribution in [0.1, 0.15) is 38.8 Å². The molecule has 0 bridgehead atoms. The maximum absolute atomic E-state index is 9.84. The largest absolute Gasteiger partial charge is 0.389 e. The van der Waals surface area contributed by atoms with Crippen molar-refractivity contribution >= 4 is 22.9 Å². The smallest absolute Gasteiger partial charge is 0.0931 e. The van der Waals surface area contributed by atoms with Gasteiger partial charge in [-0.2, -0.15) is 0 Å². The lowest BCUT2D eigenvalue weighted by atomic mass is 10.0. The third-order valence-corrected chi connectivity index (χ3v) is 3.75. The minimum absolute atomic E-state index is 0.228. The Morgan fingerprint density at radius 3 is 2.80 bits per heavy atom.